The summed E-state index contributed by atoms with van der Waals surface area (Å²) in [7, 11) is 5.61. The Hall–Kier alpha value is -1.94. The molecule has 0 saturated carbocycles. The molecule has 1 aromatic heterocycles. The maximum Gasteiger partial charge on any atom is 0.161 e. The summed E-state index contributed by atoms with van der Waals surface area (Å²) in [4.78, 5) is 2.47. The molecule has 4 nitrogen and oxygen atoms in total. The smallest absolute Gasteiger partial charge is 0.161 e. The largest absolute Gasteiger partial charge is 0.493 e. The molecule has 1 aliphatic carbocycles. The predicted octanol–water partition coefficient (Wildman–Crippen LogP) is 3.04. The van der Waals surface area contributed by atoms with Crippen LogP contribution in [0, 0.1) is 0 Å². The van der Waals surface area contributed by atoms with E-state index in [1.54, 1.807) is 14.2 Å². The van der Waals surface area contributed by atoms with Crippen molar-refractivity contribution in [3.63, 3.8) is 0 Å². The van der Waals surface area contributed by atoms with Crippen LogP contribution in [0.15, 0.2) is 34.9 Å². The summed E-state index contributed by atoms with van der Waals surface area (Å²) in [5, 5.41) is 0. The van der Waals surface area contributed by atoms with E-state index in [0.29, 0.717) is 6.04 Å². The molecule has 2 aromatic rings. The lowest BCUT2D eigenvalue weighted by molar-refractivity contribution is 0.213. The quantitative estimate of drug-likeness (QED) is 0.872. The van der Waals surface area contributed by atoms with Crippen LogP contribution in [-0.4, -0.2) is 38.8 Å². The van der Waals surface area contributed by atoms with Crippen molar-refractivity contribution in [3.8, 4) is 11.5 Å². The molecule has 0 amide bonds. The first kappa shape index (κ1) is 14.6. The highest BCUT2D eigenvalue weighted by atomic mass is 16.5. The van der Waals surface area contributed by atoms with Crippen LogP contribution in [0.3, 0.4) is 0 Å². The zero-order valence-corrected chi connectivity index (χ0v) is 14.0. The first-order valence-electron chi connectivity index (χ1n) is 8.16. The fraction of sp³-hybridized carbons (Fsp3) is 0.474. The molecule has 2 atom stereocenters. The number of likely N-dealkylation sites (tertiary alicyclic amines) is 1. The van der Waals surface area contributed by atoms with E-state index in [0.717, 1.165) is 43.1 Å². The molecule has 2 heterocycles. The molecule has 4 heteroatoms. The fourth-order valence-electron chi connectivity index (χ4n) is 4.48. The molecule has 1 saturated heterocycles. The van der Waals surface area contributed by atoms with E-state index in [1.807, 2.05) is 12.3 Å². The average molecular weight is 313 g/mol. The van der Waals surface area contributed by atoms with Crippen molar-refractivity contribution in [2.24, 2.45) is 0 Å². The van der Waals surface area contributed by atoms with Gasteiger partial charge in [0.1, 0.15) is 5.76 Å². The van der Waals surface area contributed by atoms with Crippen molar-refractivity contribution >= 4 is 0 Å². The molecular weight excluding hydrogens is 290 g/mol. The van der Waals surface area contributed by atoms with E-state index in [9.17, 15) is 0 Å². The lowest BCUT2D eigenvalue weighted by Crippen LogP contribution is -2.47. The molecule has 0 spiro atoms. The van der Waals surface area contributed by atoms with E-state index in [1.165, 1.54) is 11.1 Å². The second-order valence-electron chi connectivity index (χ2n) is 6.72. The van der Waals surface area contributed by atoms with E-state index in [2.05, 4.69) is 30.1 Å². The van der Waals surface area contributed by atoms with Gasteiger partial charge in [0, 0.05) is 17.9 Å². The Morgan fingerprint density at radius 1 is 1.17 bits per heavy atom. The summed E-state index contributed by atoms with van der Waals surface area (Å²) in [5.41, 5.74) is 2.83. The molecule has 1 fully saturated rings. The van der Waals surface area contributed by atoms with Crippen molar-refractivity contribution in [3.05, 3.63) is 47.4 Å². The van der Waals surface area contributed by atoms with Gasteiger partial charge in [-0.3, -0.25) is 0 Å². The third-order valence-corrected chi connectivity index (χ3v) is 5.76. The van der Waals surface area contributed by atoms with Crippen LogP contribution in [-0.2, 0) is 18.3 Å². The molecule has 1 aromatic carbocycles. The first-order chi connectivity index (χ1) is 11.2. The highest BCUT2D eigenvalue weighted by molar-refractivity contribution is 5.48. The van der Waals surface area contributed by atoms with Crippen LogP contribution < -0.4 is 9.47 Å². The summed E-state index contributed by atoms with van der Waals surface area (Å²) in [6, 6.07) is 9.00. The van der Waals surface area contributed by atoms with Crippen molar-refractivity contribution in [2.45, 2.75) is 30.7 Å². The minimum atomic E-state index is 0.130. The molecular formula is C19H23NO3. The number of hydrogen-bond acceptors (Lipinski definition) is 4. The van der Waals surface area contributed by atoms with Gasteiger partial charge in [0.25, 0.3) is 0 Å². The maximum atomic E-state index is 5.70. The van der Waals surface area contributed by atoms with Crippen LogP contribution in [0.2, 0.25) is 0 Å². The van der Waals surface area contributed by atoms with E-state index in [-0.39, 0.29) is 5.41 Å². The number of fused-ring (bicyclic) bond motifs is 2. The number of ether oxygens (including phenoxy) is 2. The minimum Gasteiger partial charge on any atom is -0.493 e. The first-order valence-corrected chi connectivity index (χ1v) is 8.16. The van der Waals surface area contributed by atoms with Crippen molar-refractivity contribution in [1.82, 2.24) is 4.90 Å². The van der Waals surface area contributed by atoms with Crippen molar-refractivity contribution < 1.29 is 13.9 Å². The van der Waals surface area contributed by atoms with Crippen LogP contribution >= 0.6 is 0 Å². The topological polar surface area (TPSA) is 34.8 Å². The molecule has 0 radical (unpaired) electrons. The number of nitrogens with zero attached hydrogens (tertiary/aromatic N) is 1. The van der Waals surface area contributed by atoms with Crippen LogP contribution in [0.25, 0.3) is 0 Å². The average Bonchev–Trinajstić information content (AvgIpc) is 3.17. The zero-order chi connectivity index (χ0) is 16.0. The lowest BCUT2D eigenvalue weighted by Gasteiger charge is -2.41. The highest BCUT2D eigenvalue weighted by Gasteiger charge is 2.50. The van der Waals surface area contributed by atoms with Crippen molar-refractivity contribution in [1.29, 1.82) is 0 Å². The third-order valence-electron chi connectivity index (χ3n) is 5.76. The summed E-state index contributed by atoms with van der Waals surface area (Å²) in [6.07, 6.45) is 5.00. The minimum absolute atomic E-state index is 0.130. The van der Waals surface area contributed by atoms with Gasteiger partial charge in [0.15, 0.2) is 11.5 Å². The normalized spacial score (nSPS) is 26.7. The fourth-order valence-corrected chi connectivity index (χ4v) is 4.48. The number of hydrogen-bond donors (Lipinski definition) is 0. The number of methoxy groups -OCH3 is 2. The Labute approximate surface area is 137 Å². The van der Waals surface area contributed by atoms with Crippen molar-refractivity contribution in [2.75, 3.05) is 27.8 Å². The molecule has 0 bridgehead atoms. The highest BCUT2D eigenvalue weighted by Crippen LogP contribution is 2.48. The Morgan fingerprint density at radius 3 is 2.78 bits per heavy atom. The van der Waals surface area contributed by atoms with Crippen LogP contribution in [0.4, 0.5) is 0 Å². The van der Waals surface area contributed by atoms with E-state index in [4.69, 9.17) is 13.9 Å². The molecule has 0 N–H and O–H groups in total. The lowest BCUT2D eigenvalue weighted by atomic mass is 9.66. The molecule has 2 aliphatic rings. The molecule has 23 heavy (non-hydrogen) atoms. The number of likely N-dealkylation sites (N-methyl/N-ethyl adjacent to an activating group) is 1. The molecule has 122 valence electrons. The third kappa shape index (κ3) is 2.08. The van der Waals surface area contributed by atoms with Gasteiger partial charge in [-0.25, -0.2) is 0 Å². The standard InChI is InChI=1S/C19H23NO3/c1-20-8-7-19(12-13-6-9-23-16(13)11-18(19)20)14-4-5-15(21-2)17(10-14)22-3/h4-6,9-10,18H,7-8,11-12H2,1-3H3. The molecule has 4 rings (SSSR count). The summed E-state index contributed by atoms with van der Waals surface area (Å²) < 4.78 is 16.6. The number of rotatable bonds is 3. The Bertz CT molecular complexity index is 723. The van der Waals surface area contributed by atoms with Gasteiger partial charge in [0.05, 0.1) is 20.5 Å². The zero-order valence-electron chi connectivity index (χ0n) is 14.0. The van der Waals surface area contributed by atoms with Gasteiger partial charge in [-0.1, -0.05) is 6.07 Å². The summed E-state index contributed by atoms with van der Waals surface area (Å²) >= 11 is 0. The second kappa shape index (κ2) is 5.31. The Balaban J connectivity index is 1.82. The van der Waals surface area contributed by atoms with Gasteiger partial charge in [0.2, 0.25) is 0 Å². The van der Waals surface area contributed by atoms with Gasteiger partial charge in [-0.2, -0.15) is 0 Å². The number of furan rings is 1. The molecule has 2 unspecified atom stereocenters. The van der Waals surface area contributed by atoms with Gasteiger partial charge in [-0.05, 0) is 55.8 Å². The van der Waals surface area contributed by atoms with Gasteiger partial charge in [-0.15, -0.1) is 0 Å². The second-order valence-corrected chi connectivity index (χ2v) is 6.72. The summed E-state index contributed by atoms with van der Waals surface area (Å²) in [5.74, 6) is 2.75. The van der Waals surface area contributed by atoms with Crippen LogP contribution in [0.1, 0.15) is 23.3 Å². The van der Waals surface area contributed by atoms with E-state index >= 15 is 0 Å². The van der Waals surface area contributed by atoms with Gasteiger partial charge >= 0.3 is 0 Å². The Kier molecular flexibility index (Phi) is 3.38. The molecule has 1 aliphatic heterocycles. The van der Waals surface area contributed by atoms with E-state index < -0.39 is 0 Å². The summed E-state index contributed by atoms with van der Waals surface area (Å²) in [6.45, 7) is 1.11. The monoisotopic (exact) mass is 313 g/mol. The number of benzene rings is 1. The SMILES string of the molecule is COc1ccc(C23CCN(C)C2Cc2occc2C3)cc1OC. The maximum absolute atomic E-state index is 5.70. The Morgan fingerprint density at radius 2 is 2.00 bits per heavy atom. The predicted molar refractivity (Wildman–Crippen MR) is 88.4 cm³/mol. The van der Waals surface area contributed by atoms with Gasteiger partial charge < -0.3 is 18.8 Å². The van der Waals surface area contributed by atoms with Crippen LogP contribution in [0.5, 0.6) is 11.5 Å².